The third-order valence-corrected chi connectivity index (χ3v) is 9.55. The van der Waals surface area contributed by atoms with Gasteiger partial charge in [0, 0.05) is 0 Å². The minimum atomic E-state index is 0.665. The molecule has 23 heavy (non-hydrogen) atoms. The van der Waals surface area contributed by atoms with Crippen LogP contribution in [0.3, 0.4) is 0 Å². The molecule has 0 aromatic carbocycles. The van der Waals surface area contributed by atoms with E-state index in [-0.39, 0.29) is 0 Å². The Labute approximate surface area is 145 Å². The quantitative estimate of drug-likeness (QED) is 0.400. The van der Waals surface area contributed by atoms with Gasteiger partial charge < -0.3 is 0 Å². The molecule has 0 aliphatic heterocycles. The van der Waals surface area contributed by atoms with E-state index in [4.69, 9.17) is 0 Å². The fraction of sp³-hybridized carbons (Fsp3) is 0.909. The molecule has 6 aliphatic carbocycles. The van der Waals surface area contributed by atoms with Crippen LogP contribution in [0.15, 0.2) is 12.2 Å². The van der Waals surface area contributed by atoms with Gasteiger partial charge in [-0.1, -0.05) is 83.5 Å². The van der Waals surface area contributed by atoms with Crippen molar-refractivity contribution in [1.82, 2.24) is 0 Å². The lowest BCUT2D eigenvalue weighted by molar-refractivity contribution is -0.0718. The third-order valence-electron chi connectivity index (χ3n) is 9.55. The molecule has 0 aromatic rings. The maximum Gasteiger partial charge on any atom is 0.150 e. The van der Waals surface area contributed by atoms with Crippen molar-refractivity contribution in [1.29, 1.82) is 0 Å². The molecule has 128 valence electrons. The summed E-state index contributed by atoms with van der Waals surface area (Å²) in [6, 6.07) is 0. The van der Waals surface area contributed by atoms with Gasteiger partial charge in [0.1, 0.15) is 6.71 Å². The van der Waals surface area contributed by atoms with Gasteiger partial charge in [-0.2, -0.15) is 0 Å². The number of hydrogen-bond donors (Lipinski definition) is 0. The molecule has 0 aromatic heterocycles. The standard InChI is InChI=1S/C22H37B/c1-6-7-8-23(19-11-15-9-16(12-19)21(15,2)3)20-13-17-10-18(14-20)22(17,4)5/h6-7,15-20H,8-14H2,1-5H3/b7-6+/t15-,16+,17-,18+,19?,20?. The molecule has 4 bridgehead atoms. The van der Waals surface area contributed by atoms with E-state index in [0.717, 1.165) is 42.0 Å². The number of allylic oxidation sites excluding steroid dienone is 2. The van der Waals surface area contributed by atoms with Gasteiger partial charge in [0.15, 0.2) is 0 Å². The van der Waals surface area contributed by atoms with Crippen molar-refractivity contribution >= 4 is 6.71 Å². The van der Waals surface area contributed by atoms with Crippen LogP contribution < -0.4 is 0 Å². The average Bonchev–Trinajstić information content (AvgIpc) is 2.55. The first-order valence-corrected chi connectivity index (χ1v) is 10.4. The van der Waals surface area contributed by atoms with Crippen LogP contribution in [-0.4, -0.2) is 6.71 Å². The van der Waals surface area contributed by atoms with Crippen molar-refractivity contribution < 1.29 is 0 Å². The maximum atomic E-state index is 2.54. The van der Waals surface area contributed by atoms with E-state index in [9.17, 15) is 0 Å². The Balaban J connectivity index is 1.46. The third kappa shape index (κ3) is 2.39. The lowest BCUT2D eigenvalue weighted by Crippen LogP contribution is -2.54. The first-order chi connectivity index (χ1) is 10.8. The van der Waals surface area contributed by atoms with Crippen molar-refractivity contribution in [3.63, 3.8) is 0 Å². The van der Waals surface area contributed by atoms with E-state index in [1.807, 2.05) is 0 Å². The van der Waals surface area contributed by atoms with E-state index in [1.165, 1.54) is 6.32 Å². The molecular formula is C22H37B. The second-order valence-electron chi connectivity index (χ2n) is 10.8. The molecule has 1 heteroatoms. The Morgan fingerprint density at radius 3 is 1.43 bits per heavy atom. The van der Waals surface area contributed by atoms with Crippen LogP contribution in [0, 0.1) is 34.5 Å². The fourth-order valence-electron chi connectivity index (χ4n) is 7.26. The number of rotatable bonds is 4. The normalized spacial score (nSPS) is 46.1. The molecule has 6 saturated carbocycles. The van der Waals surface area contributed by atoms with Crippen LogP contribution in [0.5, 0.6) is 0 Å². The molecule has 0 heterocycles. The van der Waals surface area contributed by atoms with E-state index in [1.54, 1.807) is 38.5 Å². The molecule has 2 unspecified atom stereocenters. The summed E-state index contributed by atoms with van der Waals surface area (Å²) in [6.45, 7) is 13.4. The number of hydrogen-bond acceptors (Lipinski definition) is 0. The van der Waals surface area contributed by atoms with Gasteiger partial charge in [-0.15, -0.1) is 0 Å². The average molecular weight is 312 g/mol. The largest absolute Gasteiger partial charge is 0.150 e. The van der Waals surface area contributed by atoms with Crippen LogP contribution in [0.2, 0.25) is 18.0 Å². The van der Waals surface area contributed by atoms with Gasteiger partial charge in [0.05, 0.1) is 0 Å². The Morgan fingerprint density at radius 1 is 0.739 bits per heavy atom. The summed E-state index contributed by atoms with van der Waals surface area (Å²) in [4.78, 5) is 0. The summed E-state index contributed by atoms with van der Waals surface area (Å²) in [6.07, 6.45) is 15.4. The van der Waals surface area contributed by atoms with E-state index in [2.05, 4.69) is 46.8 Å². The molecule has 6 rings (SSSR count). The van der Waals surface area contributed by atoms with Gasteiger partial charge in [0.2, 0.25) is 0 Å². The van der Waals surface area contributed by atoms with Crippen LogP contribution in [0.25, 0.3) is 0 Å². The summed E-state index contributed by atoms with van der Waals surface area (Å²) in [5, 5.41) is 0. The Morgan fingerprint density at radius 2 is 1.13 bits per heavy atom. The molecule has 0 N–H and O–H groups in total. The molecule has 0 amide bonds. The van der Waals surface area contributed by atoms with Crippen LogP contribution in [0.1, 0.15) is 73.1 Å². The SMILES string of the molecule is C/C=C/CB(C1C[C@@H]2C[C@H](C1)C2(C)C)C1C[C@@H]2C[C@H](C1)C2(C)C. The van der Waals surface area contributed by atoms with Gasteiger partial charge in [-0.05, 0) is 54.3 Å². The van der Waals surface area contributed by atoms with Crippen molar-refractivity contribution in [2.45, 2.75) is 91.1 Å². The first-order valence-electron chi connectivity index (χ1n) is 10.4. The topological polar surface area (TPSA) is 0 Å². The highest BCUT2D eigenvalue weighted by Crippen LogP contribution is 2.67. The summed E-state index contributed by atoms with van der Waals surface area (Å²) >= 11 is 0. The molecule has 6 fully saturated rings. The predicted octanol–water partition coefficient (Wildman–Crippen LogP) is 6.71. The van der Waals surface area contributed by atoms with E-state index in [0.29, 0.717) is 10.8 Å². The maximum absolute atomic E-state index is 2.54. The molecule has 0 spiro atoms. The Kier molecular flexibility index (Phi) is 3.82. The zero-order valence-electron chi connectivity index (χ0n) is 16.1. The smallest absolute Gasteiger partial charge is 0.0960 e. The van der Waals surface area contributed by atoms with Crippen LogP contribution in [-0.2, 0) is 0 Å². The Bertz CT molecular complexity index is 422. The van der Waals surface area contributed by atoms with Crippen LogP contribution >= 0.6 is 0 Å². The highest BCUT2D eigenvalue weighted by Gasteiger charge is 2.58. The minimum Gasteiger partial charge on any atom is -0.0960 e. The van der Waals surface area contributed by atoms with Crippen molar-refractivity contribution in [3.8, 4) is 0 Å². The summed E-state index contributed by atoms with van der Waals surface area (Å²) in [7, 11) is 0. The second kappa shape index (κ2) is 5.40. The van der Waals surface area contributed by atoms with Gasteiger partial charge in [-0.3, -0.25) is 0 Å². The molecule has 6 atom stereocenters. The van der Waals surface area contributed by atoms with Gasteiger partial charge in [0.25, 0.3) is 0 Å². The second-order valence-corrected chi connectivity index (χ2v) is 10.8. The number of fused-ring (bicyclic) bond motifs is 4. The van der Waals surface area contributed by atoms with Crippen molar-refractivity contribution in [2.24, 2.45) is 34.5 Å². The fourth-order valence-corrected chi connectivity index (χ4v) is 7.26. The van der Waals surface area contributed by atoms with E-state index >= 15 is 0 Å². The first kappa shape index (κ1) is 16.3. The van der Waals surface area contributed by atoms with Crippen LogP contribution in [0.4, 0.5) is 0 Å². The molecule has 0 radical (unpaired) electrons. The summed E-state index contributed by atoms with van der Waals surface area (Å²) in [5.41, 5.74) is 1.33. The van der Waals surface area contributed by atoms with Crippen molar-refractivity contribution in [3.05, 3.63) is 12.2 Å². The molecular weight excluding hydrogens is 275 g/mol. The lowest BCUT2D eigenvalue weighted by Gasteiger charge is -2.63. The van der Waals surface area contributed by atoms with Crippen molar-refractivity contribution in [2.75, 3.05) is 0 Å². The Hall–Kier alpha value is -0.195. The lowest BCUT2D eigenvalue weighted by atomic mass is 9.23. The highest BCUT2D eigenvalue weighted by atomic mass is 14.6. The monoisotopic (exact) mass is 312 g/mol. The molecule has 0 nitrogen and oxygen atoms in total. The summed E-state index contributed by atoms with van der Waals surface area (Å²) in [5.74, 6) is 6.22. The molecule has 6 aliphatic rings. The van der Waals surface area contributed by atoms with E-state index < -0.39 is 0 Å². The van der Waals surface area contributed by atoms with Gasteiger partial charge >= 0.3 is 0 Å². The minimum absolute atomic E-state index is 0.665. The predicted molar refractivity (Wildman–Crippen MR) is 102 cm³/mol. The zero-order valence-corrected chi connectivity index (χ0v) is 16.1. The highest BCUT2D eigenvalue weighted by molar-refractivity contribution is 6.62. The summed E-state index contributed by atoms with van der Waals surface area (Å²) < 4.78 is 0. The zero-order chi connectivity index (χ0) is 16.4. The van der Waals surface area contributed by atoms with Gasteiger partial charge in [-0.25, -0.2) is 0 Å². The molecule has 0 saturated heterocycles.